The minimum Gasteiger partial charge on any atom is -0.324 e. The first-order valence-corrected chi connectivity index (χ1v) is 10.1. The molecular weight excluding hydrogens is 379 g/mol. The summed E-state index contributed by atoms with van der Waals surface area (Å²) < 4.78 is 14.1. The second-order valence-electron chi connectivity index (χ2n) is 7.45. The molecule has 4 rings (SSSR count). The first-order chi connectivity index (χ1) is 14.6. The molecule has 0 radical (unpaired) electrons. The maximum absolute atomic E-state index is 14.1. The van der Waals surface area contributed by atoms with Crippen LogP contribution in [-0.4, -0.2) is 29.2 Å². The molecule has 0 saturated carbocycles. The second kappa shape index (κ2) is 9.01. The molecule has 3 aromatic carbocycles. The third kappa shape index (κ3) is 4.31. The Kier molecular flexibility index (Phi) is 6.00. The number of likely N-dealkylation sites (tertiary alicyclic amines) is 1. The van der Waals surface area contributed by atoms with Crippen LogP contribution in [0.4, 0.5) is 10.1 Å². The molecule has 152 valence electrons. The first kappa shape index (κ1) is 20.0. The van der Waals surface area contributed by atoms with Crippen LogP contribution < -0.4 is 5.32 Å². The first-order valence-electron chi connectivity index (χ1n) is 10.1. The number of halogens is 1. The van der Waals surface area contributed by atoms with Crippen molar-refractivity contribution < 1.29 is 14.0 Å². The number of amides is 1. The summed E-state index contributed by atoms with van der Waals surface area (Å²) in [5, 5.41) is 2.94. The van der Waals surface area contributed by atoms with Gasteiger partial charge >= 0.3 is 0 Å². The fraction of sp³-hybridized carbons (Fsp3) is 0.200. The number of nitrogens with zero attached hydrogens (tertiary/aromatic N) is 1. The van der Waals surface area contributed by atoms with E-state index in [4.69, 9.17) is 0 Å². The van der Waals surface area contributed by atoms with Crippen molar-refractivity contribution >= 4 is 17.4 Å². The number of hydrogen-bond donors (Lipinski definition) is 1. The van der Waals surface area contributed by atoms with Gasteiger partial charge in [0.1, 0.15) is 5.82 Å². The number of nitrogens with one attached hydrogen (secondary N) is 1. The Balaban J connectivity index is 1.51. The van der Waals surface area contributed by atoms with Crippen LogP contribution in [-0.2, 0) is 11.3 Å². The Bertz CT molecular complexity index is 1050. The molecule has 0 spiro atoms. The Morgan fingerprint density at radius 3 is 2.43 bits per heavy atom. The minimum absolute atomic E-state index is 0.138. The van der Waals surface area contributed by atoms with Crippen LogP contribution in [0.3, 0.4) is 0 Å². The van der Waals surface area contributed by atoms with E-state index in [0.29, 0.717) is 35.3 Å². The van der Waals surface area contributed by atoms with E-state index in [1.54, 1.807) is 54.6 Å². The summed E-state index contributed by atoms with van der Waals surface area (Å²) >= 11 is 0. The van der Waals surface area contributed by atoms with Gasteiger partial charge in [-0.05, 0) is 37.6 Å². The molecule has 0 bridgehead atoms. The molecule has 4 nitrogen and oxygen atoms in total. The lowest BCUT2D eigenvalue weighted by Gasteiger charge is -2.24. The Hall–Kier alpha value is -3.31. The summed E-state index contributed by atoms with van der Waals surface area (Å²) in [7, 11) is 0. The molecule has 1 N–H and O–H groups in total. The van der Waals surface area contributed by atoms with Gasteiger partial charge in [-0.3, -0.25) is 14.5 Å². The predicted molar refractivity (Wildman–Crippen MR) is 115 cm³/mol. The molecule has 5 heteroatoms. The van der Waals surface area contributed by atoms with E-state index in [0.717, 1.165) is 13.0 Å². The molecular formula is C25H23FN2O2. The molecule has 1 fully saturated rings. The monoisotopic (exact) mass is 402 g/mol. The Morgan fingerprint density at radius 1 is 0.933 bits per heavy atom. The third-order valence-electron chi connectivity index (χ3n) is 5.46. The van der Waals surface area contributed by atoms with E-state index in [9.17, 15) is 14.0 Å². The standard InChI is InChI=1S/C25H23FN2O2/c26-21-13-6-4-11-19(21)17-28-16-8-15-23(28)25(30)27-22-14-7-5-12-20(22)24(29)18-9-2-1-3-10-18/h1-7,9-14,23H,8,15-17H2,(H,27,30)/t23-/m0/s1. The number of benzene rings is 3. The van der Waals surface area contributed by atoms with Crippen molar-refractivity contribution in [2.75, 3.05) is 11.9 Å². The van der Waals surface area contributed by atoms with Crippen LogP contribution in [0, 0.1) is 5.82 Å². The molecule has 0 aliphatic carbocycles. The minimum atomic E-state index is -0.357. The van der Waals surface area contributed by atoms with Gasteiger partial charge in [0.15, 0.2) is 5.78 Å². The highest BCUT2D eigenvalue weighted by molar-refractivity contribution is 6.14. The predicted octanol–water partition coefficient (Wildman–Crippen LogP) is 4.66. The molecule has 1 aliphatic heterocycles. The van der Waals surface area contributed by atoms with Crippen LogP contribution in [0.5, 0.6) is 0 Å². The van der Waals surface area contributed by atoms with E-state index >= 15 is 0 Å². The third-order valence-corrected chi connectivity index (χ3v) is 5.46. The Labute approximate surface area is 175 Å². The highest BCUT2D eigenvalue weighted by Gasteiger charge is 2.31. The van der Waals surface area contributed by atoms with Crippen molar-refractivity contribution in [3.8, 4) is 0 Å². The van der Waals surface area contributed by atoms with Gasteiger partial charge in [-0.2, -0.15) is 0 Å². The zero-order valence-corrected chi connectivity index (χ0v) is 16.6. The van der Waals surface area contributed by atoms with E-state index in [1.165, 1.54) is 6.07 Å². The second-order valence-corrected chi connectivity index (χ2v) is 7.45. The maximum atomic E-state index is 14.1. The number of anilines is 1. The summed E-state index contributed by atoms with van der Waals surface area (Å²) in [6.45, 7) is 1.12. The number of para-hydroxylation sites is 1. The van der Waals surface area contributed by atoms with E-state index < -0.39 is 0 Å². The van der Waals surface area contributed by atoms with Crippen LogP contribution in [0.25, 0.3) is 0 Å². The molecule has 1 amide bonds. The van der Waals surface area contributed by atoms with Crippen molar-refractivity contribution in [2.45, 2.75) is 25.4 Å². The number of carbonyl (C=O) groups excluding carboxylic acids is 2. The SMILES string of the molecule is O=C(c1ccccc1)c1ccccc1NC(=O)[C@@H]1CCCN1Cc1ccccc1F. The van der Waals surface area contributed by atoms with Crippen molar-refractivity contribution in [2.24, 2.45) is 0 Å². The van der Waals surface area contributed by atoms with E-state index in [-0.39, 0.29) is 23.5 Å². The van der Waals surface area contributed by atoms with Crippen LogP contribution in [0.1, 0.15) is 34.3 Å². The highest BCUT2D eigenvalue weighted by atomic mass is 19.1. The van der Waals surface area contributed by atoms with Crippen LogP contribution in [0.2, 0.25) is 0 Å². The topological polar surface area (TPSA) is 49.4 Å². The van der Waals surface area contributed by atoms with Crippen molar-refractivity contribution in [1.29, 1.82) is 0 Å². The number of ketones is 1. The molecule has 3 aromatic rings. The molecule has 1 heterocycles. The van der Waals surface area contributed by atoms with Gasteiger partial charge in [-0.15, -0.1) is 0 Å². The smallest absolute Gasteiger partial charge is 0.241 e. The summed E-state index contributed by atoms with van der Waals surface area (Å²) in [5.74, 6) is -0.569. The average molecular weight is 402 g/mol. The van der Waals surface area contributed by atoms with Gasteiger partial charge in [-0.25, -0.2) is 4.39 Å². The summed E-state index contributed by atoms with van der Waals surface area (Å²) in [6.07, 6.45) is 1.58. The molecule has 0 aromatic heterocycles. The van der Waals surface area contributed by atoms with Crippen molar-refractivity contribution in [3.63, 3.8) is 0 Å². The van der Waals surface area contributed by atoms with Gasteiger partial charge in [0.05, 0.1) is 11.7 Å². The van der Waals surface area contributed by atoms with E-state index in [1.807, 2.05) is 23.1 Å². The lowest BCUT2D eigenvalue weighted by molar-refractivity contribution is -0.120. The molecule has 1 saturated heterocycles. The largest absolute Gasteiger partial charge is 0.324 e. The lowest BCUT2D eigenvalue weighted by Crippen LogP contribution is -2.39. The van der Waals surface area contributed by atoms with Gasteiger partial charge in [-0.1, -0.05) is 60.7 Å². The number of hydrogen-bond acceptors (Lipinski definition) is 3. The fourth-order valence-electron chi connectivity index (χ4n) is 3.91. The lowest BCUT2D eigenvalue weighted by atomic mass is 10.0. The molecule has 30 heavy (non-hydrogen) atoms. The van der Waals surface area contributed by atoms with Crippen molar-refractivity contribution in [3.05, 3.63) is 101 Å². The van der Waals surface area contributed by atoms with E-state index in [2.05, 4.69) is 5.32 Å². The molecule has 1 aliphatic rings. The normalized spacial score (nSPS) is 16.4. The number of carbonyl (C=O) groups is 2. The quantitative estimate of drug-likeness (QED) is 0.610. The van der Waals surface area contributed by atoms with Gasteiger partial charge in [0, 0.05) is 23.2 Å². The summed E-state index contributed by atoms with van der Waals surface area (Å²) in [5.41, 5.74) is 2.10. The highest BCUT2D eigenvalue weighted by Crippen LogP contribution is 2.24. The van der Waals surface area contributed by atoms with Crippen LogP contribution >= 0.6 is 0 Å². The zero-order valence-electron chi connectivity index (χ0n) is 16.6. The summed E-state index contributed by atoms with van der Waals surface area (Å²) in [6, 6.07) is 22.3. The van der Waals surface area contributed by atoms with Crippen LogP contribution in [0.15, 0.2) is 78.9 Å². The average Bonchev–Trinajstić information content (AvgIpc) is 3.24. The van der Waals surface area contributed by atoms with Crippen molar-refractivity contribution in [1.82, 2.24) is 4.90 Å². The summed E-state index contributed by atoms with van der Waals surface area (Å²) in [4.78, 5) is 28.0. The zero-order chi connectivity index (χ0) is 20.9. The molecule has 1 atom stereocenters. The maximum Gasteiger partial charge on any atom is 0.241 e. The Morgan fingerprint density at radius 2 is 1.63 bits per heavy atom. The van der Waals surface area contributed by atoms with Gasteiger partial charge in [0.25, 0.3) is 0 Å². The number of rotatable bonds is 6. The fourth-order valence-corrected chi connectivity index (χ4v) is 3.91. The molecule has 0 unspecified atom stereocenters. The van der Waals surface area contributed by atoms with Gasteiger partial charge < -0.3 is 5.32 Å². The van der Waals surface area contributed by atoms with Gasteiger partial charge in [0.2, 0.25) is 5.91 Å².